The van der Waals surface area contributed by atoms with Crippen molar-refractivity contribution in [1.82, 2.24) is 5.32 Å². The number of ether oxygens (including phenoxy) is 2. The van der Waals surface area contributed by atoms with Crippen molar-refractivity contribution in [2.24, 2.45) is 0 Å². The molecule has 0 spiro atoms. The SMILES string of the molecule is C[C@H](NC(=O)CN(c1ccc(Cl)cc1Cl)S(=O)(=O)c1ccccc1)c1ccc2c(c1)OCCO2. The number of nitrogens with zero attached hydrogens (tertiary/aromatic N) is 1. The molecule has 34 heavy (non-hydrogen) atoms. The molecule has 3 aromatic rings. The van der Waals surface area contributed by atoms with E-state index >= 15 is 0 Å². The molecule has 1 amide bonds. The molecule has 0 saturated heterocycles. The normalized spacial score (nSPS) is 13.7. The van der Waals surface area contributed by atoms with Crippen LogP contribution < -0.4 is 19.1 Å². The fourth-order valence-corrected chi connectivity index (χ4v) is 5.55. The van der Waals surface area contributed by atoms with E-state index in [-0.39, 0.29) is 15.6 Å². The number of rotatable bonds is 7. The number of fused-ring (bicyclic) bond motifs is 1. The average molecular weight is 521 g/mol. The van der Waals surface area contributed by atoms with Crippen LogP contribution in [-0.4, -0.2) is 34.1 Å². The number of nitrogens with one attached hydrogen (secondary N) is 1. The summed E-state index contributed by atoms with van der Waals surface area (Å²) in [6, 6.07) is 17.3. The van der Waals surface area contributed by atoms with Gasteiger partial charge in [-0.25, -0.2) is 8.42 Å². The smallest absolute Gasteiger partial charge is 0.264 e. The van der Waals surface area contributed by atoms with Gasteiger partial charge in [-0.3, -0.25) is 9.10 Å². The average Bonchev–Trinajstić information content (AvgIpc) is 2.83. The van der Waals surface area contributed by atoms with Crippen molar-refractivity contribution in [3.63, 3.8) is 0 Å². The van der Waals surface area contributed by atoms with Crippen molar-refractivity contribution in [3.8, 4) is 11.5 Å². The van der Waals surface area contributed by atoms with Gasteiger partial charge in [-0.1, -0.05) is 47.5 Å². The van der Waals surface area contributed by atoms with Gasteiger partial charge in [0.05, 0.1) is 21.6 Å². The first-order valence-electron chi connectivity index (χ1n) is 10.5. The third-order valence-electron chi connectivity index (χ3n) is 5.24. The first-order valence-corrected chi connectivity index (χ1v) is 12.7. The highest BCUT2D eigenvalue weighted by Crippen LogP contribution is 2.34. The van der Waals surface area contributed by atoms with E-state index in [0.717, 1.165) is 9.87 Å². The maximum Gasteiger partial charge on any atom is 0.264 e. The van der Waals surface area contributed by atoms with Gasteiger partial charge in [0, 0.05) is 5.02 Å². The molecule has 3 aromatic carbocycles. The number of sulfonamides is 1. The van der Waals surface area contributed by atoms with E-state index < -0.39 is 28.5 Å². The summed E-state index contributed by atoms with van der Waals surface area (Å²) < 4.78 is 39.0. The first-order chi connectivity index (χ1) is 16.3. The Morgan fingerprint density at radius 3 is 2.41 bits per heavy atom. The molecule has 1 aliphatic rings. The highest BCUT2D eigenvalue weighted by molar-refractivity contribution is 7.92. The van der Waals surface area contributed by atoms with Crippen LogP contribution in [0.3, 0.4) is 0 Å². The Morgan fingerprint density at radius 2 is 1.71 bits per heavy atom. The molecule has 0 aromatic heterocycles. The Bertz CT molecular complexity index is 1300. The van der Waals surface area contributed by atoms with Gasteiger partial charge in [0.25, 0.3) is 10.0 Å². The van der Waals surface area contributed by atoms with Gasteiger partial charge in [-0.05, 0) is 55.0 Å². The maximum atomic E-state index is 13.4. The van der Waals surface area contributed by atoms with Crippen LogP contribution in [0.15, 0.2) is 71.6 Å². The van der Waals surface area contributed by atoms with Gasteiger partial charge in [0.1, 0.15) is 19.8 Å². The van der Waals surface area contributed by atoms with E-state index in [1.165, 1.54) is 30.3 Å². The van der Waals surface area contributed by atoms with E-state index in [2.05, 4.69) is 5.32 Å². The van der Waals surface area contributed by atoms with E-state index in [1.54, 1.807) is 37.3 Å². The van der Waals surface area contributed by atoms with Crippen LogP contribution in [0.4, 0.5) is 5.69 Å². The predicted molar refractivity (Wildman–Crippen MR) is 131 cm³/mol. The van der Waals surface area contributed by atoms with E-state index in [1.807, 2.05) is 6.07 Å². The summed E-state index contributed by atoms with van der Waals surface area (Å²) in [4.78, 5) is 13.0. The minimum atomic E-state index is -4.09. The molecule has 1 atom stereocenters. The second kappa shape index (κ2) is 10.1. The number of halogens is 2. The molecule has 1 heterocycles. The number of hydrogen-bond acceptors (Lipinski definition) is 5. The largest absolute Gasteiger partial charge is 0.486 e. The topological polar surface area (TPSA) is 84.9 Å². The monoisotopic (exact) mass is 520 g/mol. The Balaban J connectivity index is 1.59. The Hall–Kier alpha value is -2.94. The second-order valence-corrected chi connectivity index (χ2v) is 10.3. The Kier molecular flexibility index (Phi) is 7.21. The zero-order valence-electron chi connectivity index (χ0n) is 18.2. The van der Waals surface area contributed by atoms with Crippen LogP contribution in [0.2, 0.25) is 10.0 Å². The lowest BCUT2D eigenvalue weighted by Gasteiger charge is -2.26. The summed E-state index contributed by atoms with van der Waals surface area (Å²) in [5.41, 5.74) is 0.941. The second-order valence-electron chi connectivity index (χ2n) is 7.61. The van der Waals surface area contributed by atoms with Crippen molar-refractivity contribution in [1.29, 1.82) is 0 Å². The fourth-order valence-electron chi connectivity index (χ4n) is 3.53. The Morgan fingerprint density at radius 1 is 1.00 bits per heavy atom. The van der Waals surface area contributed by atoms with E-state index in [4.69, 9.17) is 32.7 Å². The minimum Gasteiger partial charge on any atom is -0.486 e. The van der Waals surface area contributed by atoms with Gasteiger partial charge >= 0.3 is 0 Å². The maximum absolute atomic E-state index is 13.4. The van der Waals surface area contributed by atoms with Crippen LogP contribution in [0.25, 0.3) is 0 Å². The molecular weight excluding hydrogens is 499 g/mol. The van der Waals surface area contributed by atoms with Crippen LogP contribution in [-0.2, 0) is 14.8 Å². The zero-order valence-corrected chi connectivity index (χ0v) is 20.5. The molecule has 7 nitrogen and oxygen atoms in total. The molecule has 4 rings (SSSR count). The molecule has 0 unspecified atom stereocenters. The number of benzene rings is 3. The highest BCUT2D eigenvalue weighted by Gasteiger charge is 2.29. The summed E-state index contributed by atoms with van der Waals surface area (Å²) in [7, 11) is -4.09. The van der Waals surface area contributed by atoms with E-state index in [9.17, 15) is 13.2 Å². The molecule has 0 bridgehead atoms. The van der Waals surface area contributed by atoms with Gasteiger partial charge in [0.2, 0.25) is 5.91 Å². The number of anilines is 1. The molecule has 0 fully saturated rings. The van der Waals surface area contributed by atoms with Crippen LogP contribution in [0.1, 0.15) is 18.5 Å². The molecule has 178 valence electrons. The summed E-state index contributed by atoms with van der Waals surface area (Å²) in [6.45, 7) is 2.26. The third-order valence-corrected chi connectivity index (χ3v) is 7.55. The van der Waals surface area contributed by atoms with Crippen molar-refractivity contribution in [2.75, 3.05) is 24.1 Å². The molecule has 0 saturated carbocycles. The van der Waals surface area contributed by atoms with Gasteiger partial charge in [-0.2, -0.15) is 0 Å². The lowest BCUT2D eigenvalue weighted by Crippen LogP contribution is -2.41. The van der Waals surface area contributed by atoms with Gasteiger partial charge < -0.3 is 14.8 Å². The summed E-state index contributed by atoms with van der Waals surface area (Å²) in [6.07, 6.45) is 0. The van der Waals surface area contributed by atoms with Crippen molar-refractivity contribution < 1.29 is 22.7 Å². The summed E-state index contributed by atoms with van der Waals surface area (Å²) in [5.74, 6) is 0.741. The van der Waals surface area contributed by atoms with Crippen LogP contribution in [0.5, 0.6) is 11.5 Å². The van der Waals surface area contributed by atoms with E-state index in [0.29, 0.717) is 29.7 Å². The fraction of sp³-hybridized carbons (Fsp3) is 0.208. The molecular formula is C24H22Cl2N2O5S. The van der Waals surface area contributed by atoms with Crippen LogP contribution in [0, 0.1) is 0 Å². The molecule has 1 N–H and O–H groups in total. The lowest BCUT2D eigenvalue weighted by atomic mass is 10.1. The molecule has 0 radical (unpaired) electrons. The molecule has 1 aliphatic heterocycles. The highest BCUT2D eigenvalue weighted by atomic mass is 35.5. The number of amides is 1. The molecule has 10 heteroatoms. The standard InChI is InChI=1S/C24H22Cl2N2O5S/c1-16(17-7-10-22-23(13-17)33-12-11-32-22)27-24(29)15-28(21-9-8-18(25)14-20(21)26)34(30,31)19-5-3-2-4-6-19/h2-10,13-14,16H,11-12,15H2,1H3,(H,27,29)/t16-/m0/s1. The van der Waals surface area contributed by atoms with Crippen molar-refractivity contribution in [2.45, 2.75) is 17.9 Å². The predicted octanol–water partition coefficient (Wildman–Crippen LogP) is 4.84. The lowest BCUT2D eigenvalue weighted by molar-refractivity contribution is -0.120. The summed E-state index contributed by atoms with van der Waals surface area (Å²) >= 11 is 12.3. The molecule has 0 aliphatic carbocycles. The number of hydrogen-bond donors (Lipinski definition) is 1. The minimum absolute atomic E-state index is 0.0358. The summed E-state index contributed by atoms with van der Waals surface area (Å²) in [5, 5.41) is 3.31. The quantitative estimate of drug-likeness (QED) is 0.481. The third kappa shape index (κ3) is 5.24. The van der Waals surface area contributed by atoms with Gasteiger partial charge in [0.15, 0.2) is 11.5 Å². The Labute approximate surface area is 208 Å². The zero-order chi connectivity index (χ0) is 24.3. The van der Waals surface area contributed by atoms with Crippen molar-refractivity contribution >= 4 is 44.8 Å². The number of carbonyl (C=O) groups is 1. The van der Waals surface area contributed by atoms with Gasteiger partial charge in [-0.15, -0.1) is 0 Å². The first kappa shape index (κ1) is 24.2. The van der Waals surface area contributed by atoms with Crippen LogP contribution >= 0.6 is 23.2 Å². The van der Waals surface area contributed by atoms with Crippen molar-refractivity contribution in [3.05, 3.63) is 82.3 Å². The number of carbonyl (C=O) groups excluding carboxylic acids is 1.